The number of sulfonamides is 1. The van der Waals surface area contributed by atoms with Crippen molar-refractivity contribution in [3.8, 4) is 18.4 Å². The molecule has 0 bridgehead atoms. The molecule has 0 amide bonds. The van der Waals surface area contributed by atoms with Crippen LogP contribution in [0, 0.1) is 23.7 Å². The Morgan fingerprint density at radius 3 is 2.71 bits per heavy atom. The SMILES string of the molecule is C#CCCNS(=O)(=O)c1ccc(C#N)cc1Cl. The van der Waals surface area contributed by atoms with Gasteiger partial charge in [-0.3, -0.25) is 0 Å². The second-order valence-corrected chi connectivity index (χ2v) is 5.25. The van der Waals surface area contributed by atoms with Crippen LogP contribution in [0.4, 0.5) is 0 Å². The van der Waals surface area contributed by atoms with Gasteiger partial charge in [-0.2, -0.15) is 5.26 Å². The fourth-order valence-electron chi connectivity index (χ4n) is 1.12. The third kappa shape index (κ3) is 3.47. The second-order valence-electron chi connectivity index (χ2n) is 3.11. The van der Waals surface area contributed by atoms with E-state index in [1.54, 1.807) is 0 Å². The summed E-state index contributed by atoms with van der Waals surface area (Å²) < 4.78 is 25.9. The van der Waals surface area contributed by atoms with E-state index < -0.39 is 10.0 Å². The molecule has 0 fully saturated rings. The molecule has 0 saturated carbocycles. The summed E-state index contributed by atoms with van der Waals surface area (Å²) in [5.74, 6) is 2.32. The maximum Gasteiger partial charge on any atom is 0.242 e. The molecule has 6 heteroatoms. The van der Waals surface area contributed by atoms with E-state index in [2.05, 4.69) is 10.6 Å². The van der Waals surface area contributed by atoms with Gasteiger partial charge in [-0.1, -0.05) is 11.6 Å². The molecule has 4 nitrogen and oxygen atoms in total. The molecule has 0 atom stereocenters. The first-order valence-corrected chi connectivity index (χ1v) is 6.50. The minimum atomic E-state index is -3.68. The number of terminal acetylenes is 1. The van der Waals surface area contributed by atoms with E-state index in [4.69, 9.17) is 23.3 Å². The molecule has 1 rings (SSSR count). The number of hydrogen-bond donors (Lipinski definition) is 1. The largest absolute Gasteiger partial charge is 0.242 e. The van der Waals surface area contributed by atoms with Crippen LogP contribution in [0.3, 0.4) is 0 Å². The average molecular weight is 269 g/mol. The minimum Gasteiger partial charge on any atom is -0.210 e. The van der Waals surface area contributed by atoms with Gasteiger partial charge in [0.2, 0.25) is 10.0 Å². The summed E-state index contributed by atoms with van der Waals surface area (Å²) in [7, 11) is -3.68. The lowest BCUT2D eigenvalue weighted by Crippen LogP contribution is -2.24. The van der Waals surface area contributed by atoms with E-state index in [-0.39, 0.29) is 16.5 Å². The van der Waals surface area contributed by atoms with Crippen molar-refractivity contribution in [3.05, 3.63) is 28.8 Å². The summed E-state index contributed by atoms with van der Waals surface area (Å²) in [6.45, 7) is 0.148. The van der Waals surface area contributed by atoms with Crippen LogP contribution in [0.1, 0.15) is 12.0 Å². The van der Waals surface area contributed by atoms with Crippen molar-refractivity contribution in [1.29, 1.82) is 5.26 Å². The van der Waals surface area contributed by atoms with Gasteiger partial charge in [0.05, 0.1) is 16.7 Å². The van der Waals surface area contributed by atoms with Gasteiger partial charge in [0.15, 0.2) is 0 Å². The Bertz CT molecular complexity index is 597. The van der Waals surface area contributed by atoms with E-state index >= 15 is 0 Å². The van der Waals surface area contributed by atoms with Crippen LogP contribution in [0.15, 0.2) is 23.1 Å². The first-order valence-electron chi connectivity index (χ1n) is 4.64. The van der Waals surface area contributed by atoms with Gasteiger partial charge in [0.1, 0.15) is 4.90 Å². The lowest BCUT2D eigenvalue weighted by molar-refractivity contribution is 0.582. The highest BCUT2D eigenvalue weighted by Crippen LogP contribution is 2.22. The molecular weight excluding hydrogens is 260 g/mol. The Morgan fingerprint density at radius 1 is 1.47 bits per heavy atom. The molecule has 1 aromatic rings. The number of nitriles is 1. The smallest absolute Gasteiger partial charge is 0.210 e. The summed E-state index contributed by atoms with van der Waals surface area (Å²) >= 11 is 5.79. The summed E-state index contributed by atoms with van der Waals surface area (Å²) in [6, 6.07) is 5.86. The van der Waals surface area contributed by atoms with Gasteiger partial charge in [0, 0.05) is 13.0 Å². The molecule has 0 spiro atoms. The van der Waals surface area contributed by atoms with Crippen molar-refractivity contribution in [1.82, 2.24) is 4.72 Å². The molecule has 0 radical (unpaired) electrons. The lowest BCUT2D eigenvalue weighted by atomic mass is 10.2. The number of halogens is 1. The molecule has 0 unspecified atom stereocenters. The zero-order valence-corrected chi connectivity index (χ0v) is 10.3. The maximum atomic E-state index is 11.8. The van der Waals surface area contributed by atoms with Gasteiger partial charge >= 0.3 is 0 Å². The fourth-order valence-corrected chi connectivity index (χ4v) is 2.70. The zero-order chi connectivity index (χ0) is 12.9. The van der Waals surface area contributed by atoms with E-state index in [0.29, 0.717) is 12.0 Å². The average Bonchev–Trinajstić information content (AvgIpc) is 2.28. The standard InChI is InChI=1S/C11H9ClN2O2S/c1-2-3-6-14-17(15,16)11-5-4-9(8-13)7-10(11)12/h1,4-5,7,14H,3,6H2. The van der Waals surface area contributed by atoms with Crippen molar-refractivity contribution in [2.24, 2.45) is 0 Å². The Morgan fingerprint density at radius 2 is 2.18 bits per heavy atom. The van der Waals surface area contributed by atoms with Crippen molar-refractivity contribution in [2.45, 2.75) is 11.3 Å². The van der Waals surface area contributed by atoms with Gasteiger partial charge in [0.25, 0.3) is 0 Å². The third-order valence-electron chi connectivity index (χ3n) is 1.91. The fraction of sp³-hybridized carbons (Fsp3) is 0.182. The Balaban J connectivity index is 3.01. The molecular formula is C11H9ClN2O2S. The van der Waals surface area contributed by atoms with E-state index in [1.165, 1.54) is 18.2 Å². The summed E-state index contributed by atoms with van der Waals surface area (Å²) in [5, 5.41) is 8.64. The van der Waals surface area contributed by atoms with Crippen LogP contribution >= 0.6 is 11.6 Å². The number of benzene rings is 1. The molecule has 0 heterocycles. The molecule has 17 heavy (non-hydrogen) atoms. The molecule has 0 aliphatic rings. The minimum absolute atomic E-state index is 0.0113. The van der Waals surface area contributed by atoms with Crippen molar-refractivity contribution in [2.75, 3.05) is 6.54 Å². The first-order chi connectivity index (χ1) is 8.01. The van der Waals surface area contributed by atoms with Crippen molar-refractivity contribution >= 4 is 21.6 Å². The highest BCUT2D eigenvalue weighted by Gasteiger charge is 2.17. The topological polar surface area (TPSA) is 70.0 Å². The van der Waals surface area contributed by atoms with Crippen LogP contribution in [0.25, 0.3) is 0 Å². The van der Waals surface area contributed by atoms with Gasteiger partial charge < -0.3 is 0 Å². The second kappa shape index (κ2) is 5.70. The summed E-state index contributed by atoms with van der Waals surface area (Å²) in [5.41, 5.74) is 0.303. The van der Waals surface area contributed by atoms with E-state index in [9.17, 15) is 8.42 Å². The van der Waals surface area contributed by atoms with Crippen LogP contribution < -0.4 is 4.72 Å². The number of nitrogens with one attached hydrogen (secondary N) is 1. The number of hydrogen-bond acceptors (Lipinski definition) is 3. The first kappa shape index (κ1) is 13.5. The highest BCUT2D eigenvalue weighted by atomic mass is 35.5. The lowest BCUT2D eigenvalue weighted by Gasteiger charge is -2.07. The molecule has 1 N–H and O–H groups in total. The zero-order valence-electron chi connectivity index (χ0n) is 8.77. The predicted octanol–water partition coefficient (Wildman–Crippen LogP) is 1.51. The van der Waals surface area contributed by atoms with E-state index in [0.717, 1.165) is 0 Å². The van der Waals surface area contributed by atoms with Crippen molar-refractivity contribution < 1.29 is 8.42 Å². The Labute approximate surface area is 105 Å². The number of nitrogens with zero attached hydrogens (tertiary/aromatic N) is 1. The van der Waals surface area contributed by atoms with Crippen LogP contribution in [0.5, 0.6) is 0 Å². The molecule has 0 aliphatic heterocycles. The summed E-state index contributed by atoms with van der Waals surface area (Å²) in [6.07, 6.45) is 5.32. The van der Waals surface area contributed by atoms with Crippen LogP contribution in [-0.4, -0.2) is 15.0 Å². The van der Waals surface area contributed by atoms with Gasteiger partial charge in [-0.25, -0.2) is 13.1 Å². The highest BCUT2D eigenvalue weighted by molar-refractivity contribution is 7.89. The molecule has 0 aromatic heterocycles. The van der Waals surface area contributed by atoms with Gasteiger partial charge in [-0.15, -0.1) is 12.3 Å². The summed E-state index contributed by atoms with van der Waals surface area (Å²) in [4.78, 5) is -0.0600. The van der Waals surface area contributed by atoms with Crippen LogP contribution in [0.2, 0.25) is 5.02 Å². The van der Waals surface area contributed by atoms with E-state index in [1.807, 2.05) is 6.07 Å². The quantitative estimate of drug-likeness (QED) is 0.665. The third-order valence-corrected chi connectivity index (χ3v) is 3.86. The maximum absolute atomic E-state index is 11.8. The Kier molecular flexibility index (Phi) is 4.53. The monoisotopic (exact) mass is 268 g/mol. The molecule has 0 saturated heterocycles. The normalized spacial score (nSPS) is 10.5. The molecule has 1 aromatic carbocycles. The molecule has 0 aliphatic carbocycles. The Hall–Kier alpha value is -1.53. The van der Waals surface area contributed by atoms with Crippen LogP contribution in [-0.2, 0) is 10.0 Å². The molecule has 88 valence electrons. The predicted molar refractivity (Wildman–Crippen MR) is 64.8 cm³/mol. The van der Waals surface area contributed by atoms with Crippen molar-refractivity contribution in [3.63, 3.8) is 0 Å². The number of rotatable bonds is 4. The van der Waals surface area contributed by atoms with Gasteiger partial charge in [-0.05, 0) is 18.2 Å².